The zero-order chi connectivity index (χ0) is 19.7. The lowest BCUT2D eigenvalue weighted by Gasteiger charge is -2.18. The number of aromatic nitrogens is 1. The molecule has 0 unspecified atom stereocenters. The third-order valence-electron chi connectivity index (χ3n) is 4.77. The second-order valence-corrected chi connectivity index (χ2v) is 10.2. The van der Waals surface area contributed by atoms with Gasteiger partial charge in [-0.15, -0.1) is 11.3 Å². The number of sulfone groups is 1. The Hall–Kier alpha value is -2.16. The highest BCUT2D eigenvalue weighted by molar-refractivity contribution is 7.91. The van der Waals surface area contributed by atoms with Crippen molar-refractivity contribution < 1.29 is 17.7 Å². The lowest BCUT2D eigenvalue weighted by atomic mass is 10.1. The molecule has 3 aromatic rings. The largest absolute Gasteiger partial charge is 0.355 e. The quantitative estimate of drug-likeness (QED) is 0.618. The summed E-state index contributed by atoms with van der Waals surface area (Å²) in [7, 11) is -3.43. The van der Waals surface area contributed by atoms with E-state index in [1.165, 1.54) is 16.2 Å². The molecule has 28 heavy (non-hydrogen) atoms. The van der Waals surface area contributed by atoms with Gasteiger partial charge in [0.05, 0.1) is 15.9 Å². The smallest absolute Gasteiger partial charge is 0.276 e. The van der Waals surface area contributed by atoms with Crippen LogP contribution in [0.3, 0.4) is 0 Å². The molecule has 0 N–H and O–H groups in total. The Morgan fingerprint density at radius 3 is 2.79 bits per heavy atom. The van der Waals surface area contributed by atoms with E-state index in [2.05, 4.69) is 5.16 Å². The molecule has 146 valence electrons. The molecule has 0 bridgehead atoms. The fourth-order valence-corrected chi connectivity index (χ4v) is 6.13. The minimum Gasteiger partial charge on any atom is -0.355 e. The van der Waals surface area contributed by atoms with Crippen LogP contribution in [0.25, 0.3) is 10.6 Å². The second kappa shape index (κ2) is 7.69. The Morgan fingerprint density at radius 1 is 1.21 bits per heavy atom. The highest BCUT2D eigenvalue weighted by Gasteiger charge is 2.34. The lowest BCUT2D eigenvalue weighted by molar-refractivity contribution is 0.0756. The summed E-state index contributed by atoms with van der Waals surface area (Å²) < 4.78 is 30.9. The lowest BCUT2D eigenvalue weighted by Crippen LogP contribution is -2.33. The zero-order valence-electron chi connectivity index (χ0n) is 14.7. The van der Waals surface area contributed by atoms with Gasteiger partial charge < -0.3 is 9.42 Å². The number of carbonyl (C=O) groups excluding carboxylic acids is 1. The number of halogens is 1. The third kappa shape index (κ3) is 3.72. The minimum absolute atomic E-state index is 0.114. The van der Waals surface area contributed by atoms with Gasteiger partial charge in [0, 0.05) is 24.2 Å². The fourth-order valence-electron chi connectivity index (χ4n) is 3.31. The van der Waals surface area contributed by atoms with E-state index in [0.29, 0.717) is 22.9 Å². The summed E-state index contributed by atoms with van der Waals surface area (Å²) in [5, 5.41) is 5.49. The van der Waals surface area contributed by atoms with Gasteiger partial charge in [0.2, 0.25) is 0 Å². The van der Waals surface area contributed by atoms with Gasteiger partial charge in [0.25, 0.3) is 5.91 Å². The number of carbonyl (C=O) groups is 1. The highest BCUT2D eigenvalue weighted by Crippen LogP contribution is 2.34. The third-order valence-corrected chi connectivity index (χ3v) is 8.11. The van der Waals surface area contributed by atoms with Crippen LogP contribution >= 0.6 is 22.9 Å². The van der Waals surface area contributed by atoms with E-state index in [-0.39, 0.29) is 30.3 Å². The van der Waals surface area contributed by atoms with Gasteiger partial charge in [0.1, 0.15) is 0 Å². The molecule has 1 aliphatic rings. The first-order valence-corrected chi connectivity index (χ1v) is 11.7. The number of hydrogen-bond acceptors (Lipinski definition) is 6. The van der Waals surface area contributed by atoms with E-state index in [4.69, 9.17) is 16.1 Å². The molecule has 1 fully saturated rings. The highest BCUT2D eigenvalue weighted by atomic mass is 35.5. The fraction of sp³-hybridized carbons (Fsp3) is 0.263. The molecule has 1 aromatic carbocycles. The molecule has 2 aromatic heterocycles. The molecule has 1 aliphatic heterocycles. The van der Waals surface area contributed by atoms with E-state index >= 15 is 0 Å². The van der Waals surface area contributed by atoms with Crippen LogP contribution in [0.5, 0.6) is 0 Å². The van der Waals surface area contributed by atoms with Gasteiger partial charge in [-0.25, -0.2) is 8.42 Å². The topological polar surface area (TPSA) is 80.5 Å². The summed E-state index contributed by atoms with van der Waals surface area (Å²) >= 11 is 7.71. The van der Waals surface area contributed by atoms with Gasteiger partial charge in [-0.1, -0.05) is 41.0 Å². The van der Waals surface area contributed by atoms with Crippen molar-refractivity contribution in [2.75, 3.05) is 18.8 Å². The van der Waals surface area contributed by atoms with E-state index in [1.54, 1.807) is 30.3 Å². The SMILES string of the molecule is O=C(c1cc(-c2cccs2)on1)N1CC[C@H](c2ccccc2Cl)S(=O)(=O)CC1. The summed E-state index contributed by atoms with van der Waals surface area (Å²) in [4.78, 5) is 15.2. The van der Waals surface area contributed by atoms with Crippen molar-refractivity contribution >= 4 is 38.7 Å². The normalized spacial score (nSPS) is 19.3. The van der Waals surface area contributed by atoms with E-state index < -0.39 is 15.1 Å². The standard InChI is InChI=1S/C19H17ClN2O4S2/c20-14-5-2-1-4-13(14)18-7-8-22(9-11-28(18,24)25)19(23)15-12-16(26-21-15)17-6-3-10-27-17/h1-6,10,12,18H,7-9,11H2/t18-/m1/s1. The van der Waals surface area contributed by atoms with Crippen molar-refractivity contribution in [1.29, 1.82) is 0 Å². The Labute approximate surface area is 171 Å². The number of hydrogen-bond donors (Lipinski definition) is 0. The van der Waals surface area contributed by atoms with Crippen molar-refractivity contribution in [2.24, 2.45) is 0 Å². The molecule has 0 spiro atoms. The predicted molar refractivity (Wildman–Crippen MR) is 108 cm³/mol. The summed E-state index contributed by atoms with van der Waals surface area (Å²) in [5.74, 6) is 0.0702. The molecule has 9 heteroatoms. The molecule has 0 radical (unpaired) electrons. The Balaban J connectivity index is 1.55. The van der Waals surface area contributed by atoms with Crippen LogP contribution in [-0.2, 0) is 9.84 Å². The molecule has 3 heterocycles. The zero-order valence-corrected chi connectivity index (χ0v) is 17.1. The number of amides is 1. The predicted octanol–water partition coefficient (Wildman–Crippen LogP) is 4.06. The van der Waals surface area contributed by atoms with Gasteiger partial charge in [-0.2, -0.15) is 0 Å². The number of thiophene rings is 1. The molecule has 0 aliphatic carbocycles. The molecular formula is C19H17ClN2O4S2. The Bertz CT molecular complexity index is 1090. The van der Waals surface area contributed by atoms with Crippen molar-refractivity contribution in [3.8, 4) is 10.6 Å². The van der Waals surface area contributed by atoms with Gasteiger partial charge in [0.15, 0.2) is 21.3 Å². The number of nitrogens with zero attached hydrogens (tertiary/aromatic N) is 2. The van der Waals surface area contributed by atoms with Gasteiger partial charge in [-0.3, -0.25) is 4.79 Å². The minimum atomic E-state index is -3.43. The number of benzene rings is 1. The molecule has 4 rings (SSSR count). The summed E-state index contributed by atoms with van der Waals surface area (Å²) in [6.07, 6.45) is 0.285. The second-order valence-electron chi connectivity index (χ2n) is 6.51. The van der Waals surface area contributed by atoms with Crippen LogP contribution in [0.2, 0.25) is 5.02 Å². The molecule has 6 nitrogen and oxygen atoms in total. The van der Waals surface area contributed by atoms with Crippen LogP contribution in [0.4, 0.5) is 0 Å². The maximum Gasteiger partial charge on any atom is 0.276 e. The van der Waals surface area contributed by atoms with E-state index in [0.717, 1.165) is 4.88 Å². The molecular weight excluding hydrogens is 420 g/mol. The van der Waals surface area contributed by atoms with Gasteiger partial charge >= 0.3 is 0 Å². The van der Waals surface area contributed by atoms with Gasteiger partial charge in [-0.05, 0) is 29.5 Å². The summed E-state index contributed by atoms with van der Waals surface area (Å²) in [5.41, 5.74) is 0.761. The maximum absolute atomic E-state index is 12.8. The summed E-state index contributed by atoms with van der Waals surface area (Å²) in [6, 6.07) is 12.3. The molecule has 1 atom stereocenters. The first-order chi connectivity index (χ1) is 13.5. The Morgan fingerprint density at radius 2 is 2.04 bits per heavy atom. The molecule has 0 saturated carbocycles. The van der Waals surface area contributed by atoms with Crippen molar-refractivity contribution in [1.82, 2.24) is 10.1 Å². The van der Waals surface area contributed by atoms with Crippen LogP contribution < -0.4 is 0 Å². The molecule has 1 saturated heterocycles. The van der Waals surface area contributed by atoms with Crippen LogP contribution in [-0.4, -0.2) is 43.2 Å². The first-order valence-electron chi connectivity index (χ1n) is 8.71. The average Bonchev–Trinajstić information content (AvgIpc) is 3.33. The van der Waals surface area contributed by atoms with Crippen molar-refractivity contribution in [3.05, 3.63) is 64.1 Å². The van der Waals surface area contributed by atoms with E-state index in [9.17, 15) is 13.2 Å². The monoisotopic (exact) mass is 436 g/mol. The number of rotatable bonds is 3. The maximum atomic E-state index is 12.8. The van der Waals surface area contributed by atoms with E-state index in [1.807, 2.05) is 17.5 Å². The summed E-state index contributed by atoms with van der Waals surface area (Å²) in [6.45, 7) is 0.415. The van der Waals surface area contributed by atoms with Crippen molar-refractivity contribution in [3.63, 3.8) is 0 Å². The van der Waals surface area contributed by atoms with Crippen molar-refractivity contribution in [2.45, 2.75) is 11.7 Å². The Kier molecular flexibility index (Phi) is 5.27. The van der Waals surface area contributed by atoms with Crippen LogP contribution in [0.1, 0.15) is 27.7 Å². The van der Waals surface area contributed by atoms with Crippen LogP contribution in [0, 0.1) is 0 Å². The van der Waals surface area contributed by atoms with Crippen LogP contribution in [0.15, 0.2) is 52.4 Å². The first kappa shape index (κ1) is 19.2. The average molecular weight is 437 g/mol. The molecule has 1 amide bonds.